The molecule has 3 rings (SSSR count). The molecule has 0 unspecified atom stereocenters. The van der Waals surface area contributed by atoms with Gasteiger partial charge >= 0.3 is 5.97 Å². The van der Waals surface area contributed by atoms with Crippen LogP contribution in [0.3, 0.4) is 0 Å². The lowest BCUT2D eigenvalue weighted by Gasteiger charge is -2.25. The molecule has 0 aromatic carbocycles. The van der Waals surface area contributed by atoms with Crippen molar-refractivity contribution in [3.05, 3.63) is 41.3 Å². The maximum absolute atomic E-state index is 12.1. The summed E-state index contributed by atoms with van der Waals surface area (Å²) in [5.41, 5.74) is 1.56. The third-order valence-corrected chi connectivity index (χ3v) is 4.47. The Bertz CT molecular complexity index is 772. The van der Waals surface area contributed by atoms with Crippen molar-refractivity contribution in [3.8, 4) is 6.07 Å². The molecule has 3 heterocycles. The van der Waals surface area contributed by atoms with Crippen LogP contribution in [0.2, 0.25) is 0 Å². The van der Waals surface area contributed by atoms with E-state index < -0.39 is 0 Å². The third kappa shape index (κ3) is 4.95. The molecule has 0 radical (unpaired) electrons. The second-order valence-corrected chi connectivity index (χ2v) is 6.34. The number of ether oxygens (including phenoxy) is 1. The van der Waals surface area contributed by atoms with Crippen LogP contribution in [-0.2, 0) is 9.53 Å². The molecule has 1 saturated heterocycles. The molecule has 2 aliphatic rings. The second kappa shape index (κ2) is 9.00. The summed E-state index contributed by atoms with van der Waals surface area (Å²) in [5.74, 6) is 0.841. The van der Waals surface area contributed by atoms with Crippen LogP contribution in [0.1, 0.15) is 25.0 Å². The minimum Gasteiger partial charge on any atom is -0.466 e. The topological polar surface area (TPSA) is 124 Å². The fraction of sp³-hybridized carbons (Fsp3) is 0.444. The standard InChI is InChI=1S/C18H23N7O2/c1-27-18(26)14-10-23-16(25-17-11-21-13(8-19)9-22-17)7-15(14)24-12-3-2-5-20-6-4-12/h7,9,11-12,20,23-24H,2-6,10H2,1H3,(H,22,25)/t12-/m0/s1. The molecular weight excluding hydrogens is 346 g/mol. The zero-order valence-corrected chi connectivity index (χ0v) is 15.2. The molecule has 0 saturated carbocycles. The van der Waals surface area contributed by atoms with Gasteiger partial charge in [-0.25, -0.2) is 14.8 Å². The van der Waals surface area contributed by atoms with Crippen molar-refractivity contribution >= 4 is 11.8 Å². The molecular formula is C18H23N7O2. The van der Waals surface area contributed by atoms with E-state index in [1.54, 1.807) is 0 Å². The first kappa shape index (κ1) is 18.7. The summed E-state index contributed by atoms with van der Waals surface area (Å²) < 4.78 is 4.92. The number of dihydropyridines is 1. The summed E-state index contributed by atoms with van der Waals surface area (Å²) in [6.07, 6.45) is 7.85. The summed E-state index contributed by atoms with van der Waals surface area (Å²) in [6.45, 7) is 2.30. The van der Waals surface area contributed by atoms with Crippen LogP contribution in [0.25, 0.3) is 0 Å². The maximum atomic E-state index is 12.1. The van der Waals surface area contributed by atoms with Crippen molar-refractivity contribution < 1.29 is 9.53 Å². The predicted molar refractivity (Wildman–Crippen MR) is 99.1 cm³/mol. The molecule has 1 aromatic heterocycles. The lowest BCUT2D eigenvalue weighted by Crippen LogP contribution is -2.37. The number of carbonyl (C=O) groups excluding carboxylic acids is 1. The molecule has 1 fully saturated rings. The van der Waals surface area contributed by atoms with Gasteiger partial charge in [0.25, 0.3) is 0 Å². The normalized spacial score (nSPS) is 19.9. The van der Waals surface area contributed by atoms with Crippen LogP contribution in [0.5, 0.6) is 0 Å². The largest absolute Gasteiger partial charge is 0.466 e. The van der Waals surface area contributed by atoms with Gasteiger partial charge in [-0.1, -0.05) is 0 Å². The average Bonchev–Trinajstić information content (AvgIpc) is 2.97. The molecule has 142 valence electrons. The smallest absolute Gasteiger partial charge is 0.337 e. The molecule has 0 amide bonds. The van der Waals surface area contributed by atoms with E-state index in [9.17, 15) is 4.79 Å². The summed E-state index contributed by atoms with van der Waals surface area (Å²) >= 11 is 0. The Kier molecular flexibility index (Phi) is 6.22. The molecule has 2 aliphatic heterocycles. The molecule has 0 aliphatic carbocycles. The Hall–Kier alpha value is -3.12. The van der Waals surface area contributed by atoms with E-state index in [0.717, 1.165) is 38.0 Å². The number of esters is 1. The fourth-order valence-electron chi connectivity index (χ4n) is 3.05. The molecule has 1 atom stereocenters. The van der Waals surface area contributed by atoms with E-state index in [1.165, 1.54) is 19.5 Å². The summed E-state index contributed by atoms with van der Waals surface area (Å²) in [6, 6.07) is 2.23. The van der Waals surface area contributed by atoms with Gasteiger partial charge in [0.05, 0.1) is 37.3 Å². The molecule has 0 spiro atoms. The monoisotopic (exact) mass is 369 g/mol. The van der Waals surface area contributed by atoms with E-state index in [0.29, 0.717) is 29.8 Å². The van der Waals surface area contributed by atoms with Gasteiger partial charge in [0.1, 0.15) is 17.7 Å². The minimum absolute atomic E-state index is 0.253. The number of nitrogens with zero attached hydrogens (tertiary/aromatic N) is 3. The lowest BCUT2D eigenvalue weighted by molar-refractivity contribution is -0.136. The summed E-state index contributed by atoms with van der Waals surface area (Å²) in [4.78, 5) is 20.3. The van der Waals surface area contributed by atoms with Gasteiger partial charge in [-0.3, -0.25) is 0 Å². The zero-order chi connectivity index (χ0) is 19.1. The van der Waals surface area contributed by atoms with Crippen molar-refractivity contribution in [2.75, 3.05) is 32.1 Å². The quantitative estimate of drug-likeness (QED) is 0.545. The van der Waals surface area contributed by atoms with Crippen LogP contribution in [-0.4, -0.2) is 48.7 Å². The van der Waals surface area contributed by atoms with E-state index in [2.05, 4.69) is 31.2 Å². The number of allylic oxidation sites excluding steroid dienone is 1. The van der Waals surface area contributed by atoms with Crippen molar-refractivity contribution in [1.82, 2.24) is 25.9 Å². The minimum atomic E-state index is -0.356. The third-order valence-electron chi connectivity index (χ3n) is 4.47. The Morgan fingerprint density at radius 1 is 1.33 bits per heavy atom. The number of anilines is 1. The predicted octanol–water partition coefficient (Wildman–Crippen LogP) is 0.364. The van der Waals surface area contributed by atoms with Crippen LogP contribution in [0.15, 0.2) is 35.6 Å². The summed E-state index contributed by atoms with van der Waals surface area (Å²) in [5, 5.41) is 22.0. The van der Waals surface area contributed by atoms with E-state index in [4.69, 9.17) is 10.00 Å². The van der Waals surface area contributed by atoms with Crippen LogP contribution in [0.4, 0.5) is 5.82 Å². The highest BCUT2D eigenvalue weighted by atomic mass is 16.5. The zero-order valence-electron chi connectivity index (χ0n) is 15.2. The molecule has 9 heteroatoms. The number of hydrogen-bond acceptors (Lipinski definition) is 9. The van der Waals surface area contributed by atoms with Crippen molar-refractivity contribution in [2.24, 2.45) is 0 Å². The number of rotatable bonds is 5. The van der Waals surface area contributed by atoms with Gasteiger partial charge in [0.2, 0.25) is 0 Å². The number of nitriles is 1. The average molecular weight is 369 g/mol. The van der Waals surface area contributed by atoms with E-state index >= 15 is 0 Å². The highest BCUT2D eigenvalue weighted by Gasteiger charge is 2.22. The number of carbonyl (C=O) groups is 1. The first-order chi connectivity index (χ1) is 13.2. The van der Waals surface area contributed by atoms with E-state index in [-0.39, 0.29) is 11.7 Å². The highest BCUT2D eigenvalue weighted by Crippen LogP contribution is 2.17. The van der Waals surface area contributed by atoms with Crippen LogP contribution >= 0.6 is 0 Å². The fourth-order valence-corrected chi connectivity index (χ4v) is 3.05. The second-order valence-electron chi connectivity index (χ2n) is 6.34. The van der Waals surface area contributed by atoms with Crippen LogP contribution < -0.4 is 21.3 Å². The highest BCUT2D eigenvalue weighted by molar-refractivity contribution is 5.90. The molecule has 1 aromatic rings. The first-order valence-corrected chi connectivity index (χ1v) is 8.93. The maximum Gasteiger partial charge on any atom is 0.337 e. The Morgan fingerprint density at radius 3 is 2.96 bits per heavy atom. The van der Waals surface area contributed by atoms with Gasteiger partial charge in [-0.2, -0.15) is 5.26 Å². The summed E-state index contributed by atoms with van der Waals surface area (Å²) in [7, 11) is 1.38. The van der Waals surface area contributed by atoms with Gasteiger partial charge in [-0.05, 0) is 32.4 Å². The van der Waals surface area contributed by atoms with Crippen molar-refractivity contribution in [2.45, 2.75) is 25.3 Å². The molecule has 9 nitrogen and oxygen atoms in total. The van der Waals surface area contributed by atoms with Crippen molar-refractivity contribution in [3.63, 3.8) is 0 Å². The van der Waals surface area contributed by atoms with Gasteiger partial charge in [0.15, 0.2) is 5.69 Å². The van der Waals surface area contributed by atoms with Gasteiger partial charge in [0, 0.05) is 12.1 Å². The number of aromatic nitrogens is 2. The molecule has 0 bridgehead atoms. The SMILES string of the molecule is COC(=O)C1=C(N[C@H]2CCCNCC2)C=C(Nc2cnc(C#N)cn2)NC1. The Labute approximate surface area is 157 Å². The lowest BCUT2D eigenvalue weighted by atomic mass is 10.1. The molecule has 27 heavy (non-hydrogen) atoms. The first-order valence-electron chi connectivity index (χ1n) is 8.93. The van der Waals surface area contributed by atoms with Gasteiger partial charge in [-0.15, -0.1) is 0 Å². The number of nitrogens with one attached hydrogen (secondary N) is 4. The van der Waals surface area contributed by atoms with Crippen molar-refractivity contribution in [1.29, 1.82) is 5.26 Å². The number of methoxy groups -OCH3 is 1. The molecule has 4 N–H and O–H groups in total. The van der Waals surface area contributed by atoms with Crippen LogP contribution in [0, 0.1) is 11.3 Å². The Balaban J connectivity index is 1.78. The van der Waals surface area contributed by atoms with Gasteiger partial charge < -0.3 is 26.0 Å². The van der Waals surface area contributed by atoms with E-state index in [1.807, 2.05) is 12.1 Å². The number of hydrogen-bond donors (Lipinski definition) is 4. The Morgan fingerprint density at radius 2 is 2.22 bits per heavy atom.